The fourth-order valence-electron chi connectivity index (χ4n) is 2.34. The third-order valence-corrected chi connectivity index (χ3v) is 3.52. The van der Waals surface area contributed by atoms with Gasteiger partial charge < -0.3 is 10.1 Å². The zero-order valence-electron chi connectivity index (χ0n) is 13.0. The fourth-order valence-corrected chi connectivity index (χ4v) is 2.34. The summed E-state index contributed by atoms with van der Waals surface area (Å²) in [5.74, 6) is 0.0629. The predicted octanol–water partition coefficient (Wildman–Crippen LogP) is 1.57. The van der Waals surface area contributed by atoms with Crippen molar-refractivity contribution in [2.24, 2.45) is 0 Å². The van der Waals surface area contributed by atoms with Crippen molar-refractivity contribution in [1.29, 1.82) is 0 Å². The predicted molar refractivity (Wildman–Crippen MR) is 86.5 cm³/mol. The van der Waals surface area contributed by atoms with E-state index >= 15 is 0 Å². The van der Waals surface area contributed by atoms with Crippen molar-refractivity contribution in [1.82, 2.24) is 25.6 Å². The van der Waals surface area contributed by atoms with Crippen molar-refractivity contribution in [2.75, 3.05) is 12.4 Å². The number of nitrogens with one attached hydrogen (secondary N) is 2. The third kappa shape index (κ3) is 3.54. The number of ether oxygens (including phenoxy) is 1. The highest BCUT2D eigenvalue weighted by atomic mass is 16.5. The first-order chi connectivity index (χ1) is 11.8. The standard InChI is InChI=1S/C16H16N6O2/c1-24-14-7-3-2-6-13(14)18-16(23)12(15-19-21-22-20-15)9-11-5-4-8-17-10-11/h2-8,10,12H,9H2,1H3,(H,18,23)(H,19,20,21,22)/t12-/m1/s1. The van der Waals surface area contributed by atoms with E-state index < -0.39 is 5.92 Å². The molecule has 24 heavy (non-hydrogen) atoms. The Morgan fingerprint density at radius 3 is 2.88 bits per heavy atom. The molecule has 0 aliphatic heterocycles. The molecule has 0 bridgehead atoms. The van der Waals surface area contributed by atoms with E-state index in [1.54, 1.807) is 31.6 Å². The molecule has 8 nitrogen and oxygen atoms in total. The minimum atomic E-state index is -0.599. The smallest absolute Gasteiger partial charge is 0.235 e. The number of carbonyl (C=O) groups excluding carboxylic acids is 1. The molecule has 0 fully saturated rings. The highest BCUT2D eigenvalue weighted by Gasteiger charge is 2.26. The Morgan fingerprint density at radius 2 is 2.17 bits per heavy atom. The van der Waals surface area contributed by atoms with E-state index in [1.807, 2.05) is 24.3 Å². The average molecular weight is 324 g/mol. The Bertz CT molecular complexity index is 791. The van der Waals surface area contributed by atoms with Gasteiger partial charge in [-0.05, 0) is 30.2 Å². The third-order valence-electron chi connectivity index (χ3n) is 3.52. The van der Waals surface area contributed by atoms with Crippen LogP contribution in [-0.2, 0) is 11.2 Å². The van der Waals surface area contributed by atoms with Crippen LogP contribution in [0.25, 0.3) is 0 Å². The molecule has 0 saturated heterocycles. The summed E-state index contributed by atoms with van der Waals surface area (Å²) in [6, 6.07) is 10.9. The lowest BCUT2D eigenvalue weighted by atomic mass is 9.98. The number of H-pyrrole nitrogens is 1. The number of nitrogens with zero attached hydrogens (tertiary/aromatic N) is 4. The Kier molecular flexibility index (Phi) is 4.76. The van der Waals surface area contributed by atoms with Crippen LogP contribution < -0.4 is 10.1 Å². The van der Waals surface area contributed by atoms with E-state index in [0.29, 0.717) is 23.7 Å². The Hall–Kier alpha value is -3.29. The molecule has 0 aliphatic rings. The van der Waals surface area contributed by atoms with E-state index in [1.165, 1.54) is 0 Å². The van der Waals surface area contributed by atoms with Crippen LogP contribution in [0.4, 0.5) is 5.69 Å². The quantitative estimate of drug-likeness (QED) is 0.713. The summed E-state index contributed by atoms with van der Waals surface area (Å²) < 4.78 is 5.26. The molecule has 2 heterocycles. The van der Waals surface area contributed by atoms with Crippen molar-refractivity contribution in [3.05, 3.63) is 60.2 Å². The van der Waals surface area contributed by atoms with Gasteiger partial charge in [0.2, 0.25) is 5.91 Å². The first-order valence-electron chi connectivity index (χ1n) is 7.34. The Balaban J connectivity index is 1.84. The van der Waals surface area contributed by atoms with Gasteiger partial charge in [0, 0.05) is 12.4 Å². The molecule has 8 heteroatoms. The number of tetrazole rings is 1. The van der Waals surface area contributed by atoms with Gasteiger partial charge >= 0.3 is 0 Å². The molecule has 3 rings (SSSR count). The van der Waals surface area contributed by atoms with Gasteiger partial charge in [-0.3, -0.25) is 9.78 Å². The van der Waals surface area contributed by atoms with Gasteiger partial charge in [0.25, 0.3) is 0 Å². The summed E-state index contributed by atoms with van der Waals surface area (Å²) >= 11 is 0. The van der Waals surface area contributed by atoms with Gasteiger partial charge in [0.1, 0.15) is 11.7 Å². The number of aromatic nitrogens is 5. The number of pyridine rings is 1. The first kappa shape index (κ1) is 15.6. The number of hydrogen-bond donors (Lipinski definition) is 2. The molecular formula is C16H16N6O2. The van der Waals surface area contributed by atoms with Crippen LogP contribution in [0.2, 0.25) is 0 Å². The van der Waals surface area contributed by atoms with Crippen molar-refractivity contribution >= 4 is 11.6 Å². The number of methoxy groups -OCH3 is 1. The largest absolute Gasteiger partial charge is 0.495 e. The number of hydrogen-bond acceptors (Lipinski definition) is 6. The molecule has 2 N–H and O–H groups in total. The highest BCUT2D eigenvalue weighted by Crippen LogP contribution is 2.26. The second kappa shape index (κ2) is 7.32. The summed E-state index contributed by atoms with van der Waals surface area (Å²) in [5, 5.41) is 16.7. The summed E-state index contributed by atoms with van der Waals surface area (Å²) in [7, 11) is 1.55. The molecule has 0 radical (unpaired) electrons. The van der Waals surface area contributed by atoms with Crippen LogP contribution in [0.3, 0.4) is 0 Å². The van der Waals surface area contributed by atoms with Gasteiger partial charge in [-0.15, -0.1) is 10.2 Å². The fraction of sp³-hybridized carbons (Fsp3) is 0.188. The molecule has 1 amide bonds. The monoisotopic (exact) mass is 324 g/mol. The van der Waals surface area contributed by atoms with Crippen LogP contribution >= 0.6 is 0 Å². The normalized spacial score (nSPS) is 11.7. The molecule has 1 atom stereocenters. The summed E-state index contributed by atoms with van der Waals surface area (Å²) in [6.07, 6.45) is 3.81. The number of benzene rings is 1. The highest BCUT2D eigenvalue weighted by molar-refractivity contribution is 5.96. The maximum atomic E-state index is 12.8. The number of rotatable bonds is 6. The van der Waals surface area contributed by atoms with E-state index in [4.69, 9.17) is 4.74 Å². The second-order valence-electron chi connectivity index (χ2n) is 5.08. The topological polar surface area (TPSA) is 106 Å². The molecule has 1 aromatic carbocycles. The van der Waals surface area contributed by atoms with Crippen molar-refractivity contribution < 1.29 is 9.53 Å². The van der Waals surface area contributed by atoms with Gasteiger partial charge in [-0.25, -0.2) is 0 Å². The van der Waals surface area contributed by atoms with Crippen LogP contribution in [0.15, 0.2) is 48.8 Å². The molecule has 2 aromatic heterocycles. The molecule has 3 aromatic rings. The van der Waals surface area contributed by atoms with Crippen molar-refractivity contribution in [3.8, 4) is 5.75 Å². The van der Waals surface area contributed by atoms with E-state index in [9.17, 15) is 4.79 Å². The van der Waals surface area contributed by atoms with Crippen LogP contribution in [0, 0.1) is 0 Å². The maximum absolute atomic E-state index is 12.8. The van der Waals surface area contributed by atoms with Gasteiger partial charge in [0.05, 0.1) is 12.8 Å². The molecule has 0 unspecified atom stereocenters. The first-order valence-corrected chi connectivity index (χ1v) is 7.34. The maximum Gasteiger partial charge on any atom is 0.235 e. The van der Waals surface area contributed by atoms with Crippen molar-refractivity contribution in [3.63, 3.8) is 0 Å². The minimum Gasteiger partial charge on any atom is -0.495 e. The van der Waals surface area contributed by atoms with Crippen LogP contribution in [0.5, 0.6) is 5.75 Å². The lowest BCUT2D eigenvalue weighted by Gasteiger charge is -2.15. The van der Waals surface area contributed by atoms with E-state index in [0.717, 1.165) is 5.56 Å². The lowest BCUT2D eigenvalue weighted by molar-refractivity contribution is -0.117. The zero-order chi connectivity index (χ0) is 16.8. The van der Waals surface area contributed by atoms with E-state index in [-0.39, 0.29) is 5.91 Å². The SMILES string of the molecule is COc1ccccc1NC(=O)[C@H](Cc1cccnc1)c1nn[nH]n1. The van der Waals surface area contributed by atoms with Gasteiger partial charge in [-0.1, -0.05) is 23.4 Å². The lowest BCUT2D eigenvalue weighted by Crippen LogP contribution is -2.24. The second-order valence-corrected chi connectivity index (χ2v) is 5.08. The van der Waals surface area contributed by atoms with Crippen LogP contribution in [-0.4, -0.2) is 38.6 Å². The summed E-state index contributed by atoms with van der Waals surface area (Å²) in [4.78, 5) is 16.8. The number of anilines is 1. The minimum absolute atomic E-state index is 0.246. The van der Waals surface area contributed by atoms with E-state index in [2.05, 4.69) is 30.9 Å². The molecule has 122 valence electrons. The van der Waals surface area contributed by atoms with Gasteiger partial charge in [-0.2, -0.15) is 5.21 Å². The molecule has 0 spiro atoms. The zero-order valence-corrected chi connectivity index (χ0v) is 13.0. The number of para-hydroxylation sites is 2. The molecule has 0 saturated carbocycles. The number of carbonyl (C=O) groups is 1. The van der Waals surface area contributed by atoms with Gasteiger partial charge in [0.15, 0.2) is 5.82 Å². The number of amides is 1. The van der Waals surface area contributed by atoms with Crippen LogP contribution in [0.1, 0.15) is 17.3 Å². The summed E-state index contributed by atoms with van der Waals surface area (Å²) in [5.41, 5.74) is 1.49. The molecule has 0 aliphatic carbocycles. The number of aromatic amines is 1. The average Bonchev–Trinajstić information content (AvgIpc) is 3.15. The Labute approximate surface area is 138 Å². The Morgan fingerprint density at radius 1 is 1.29 bits per heavy atom. The summed E-state index contributed by atoms with van der Waals surface area (Å²) in [6.45, 7) is 0. The molecular weight excluding hydrogens is 308 g/mol. The van der Waals surface area contributed by atoms with Crippen molar-refractivity contribution in [2.45, 2.75) is 12.3 Å².